The van der Waals surface area contributed by atoms with Crippen molar-refractivity contribution in [3.8, 4) is 11.5 Å². The van der Waals surface area contributed by atoms with Crippen LogP contribution in [0, 0.1) is 5.82 Å². The number of hydrogen-bond donors (Lipinski definition) is 1. The molecule has 3 aromatic carbocycles. The fourth-order valence-corrected chi connectivity index (χ4v) is 4.53. The van der Waals surface area contributed by atoms with Crippen LogP contribution in [0.1, 0.15) is 34.9 Å². The first-order valence-corrected chi connectivity index (χ1v) is 11.6. The third-order valence-electron chi connectivity index (χ3n) is 6.34. The first-order valence-electron chi connectivity index (χ1n) is 11.6. The van der Waals surface area contributed by atoms with Gasteiger partial charge in [0.1, 0.15) is 12.0 Å². The minimum atomic E-state index is -0.572. The van der Waals surface area contributed by atoms with Crippen molar-refractivity contribution in [1.82, 2.24) is 4.90 Å². The smallest absolute Gasteiger partial charge is 0.262 e. The van der Waals surface area contributed by atoms with Gasteiger partial charge in [0.05, 0.1) is 12.7 Å². The van der Waals surface area contributed by atoms with Gasteiger partial charge in [0.25, 0.3) is 11.8 Å². The summed E-state index contributed by atoms with van der Waals surface area (Å²) in [6, 6.07) is 18.4. The quantitative estimate of drug-likeness (QED) is 0.564. The van der Waals surface area contributed by atoms with E-state index in [0.717, 1.165) is 31.5 Å². The number of benzene rings is 3. The molecule has 0 saturated carbocycles. The van der Waals surface area contributed by atoms with E-state index < -0.39 is 6.17 Å². The number of rotatable bonds is 6. The Bertz CT molecular complexity index is 1240. The van der Waals surface area contributed by atoms with Crippen LogP contribution in [0.5, 0.6) is 11.5 Å². The molecule has 0 radical (unpaired) electrons. The van der Waals surface area contributed by atoms with E-state index in [-0.39, 0.29) is 24.2 Å². The molecule has 2 aliphatic heterocycles. The van der Waals surface area contributed by atoms with Gasteiger partial charge in [-0.1, -0.05) is 18.2 Å². The SMILES string of the molecule is COc1cc([C@@H]2Nc3ccccc3C(=O)N2c2ccc(F)cc2)ccc1OCC(=O)N1CCCC1. The highest BCUT2D eigenvalue weighted by Crippen LogP contribution is 2.39. The van der Waals surface area contributed by atoms with Crippen molar-refractivity contribution in [2.75, 3.05) is 37.0 Å². The summed E-state index contributed by atoms with van der Waals surface area (Å²) in [5.74, 6) is 0.261. The molecular formula is C27H26FN3O4. The number of nitrogens with one attached hydrogen (secondary N) is 1. The molecule has 2 aliphatic rings. The lowest BCUT2D eigenvalue weighted by Crippen LogP contribution is -2.43. The zero-order valence-corrected chi connectivity index (χ0v) is 19.4. The van der Waals surface area contributed by atoms with E-state index in [2.05, 4.69) is 5.32 Å². The van der Waals surface area contributed by atoms with E-state index in [1.165, 1.54) is 19.2 Å². The molecule has 7 nitrogen and oxygen atoms in total. The second-order valence-corrected chi connectivity index (χ2v) is 8.53. The molecule has 1 saturated heterocycles. The van der Waals surface area contributed by atoms with Gasteiger partial charge in [0, 0.05) is 24.5 Å². The Balaban J connectivity index is 1.45. The number of amides is 2. The summed E-state index contributed by atoms with van der Waals surface area (Å²) >= 11 is 0. The maximum Gasteiger partial charge on any atom is 0.262 e. The maximum atomic E-state index is 13.6. The Kier molecular flexibility index (Phi) is 6.27. The number of halogens is 1. The lowest BCUT2D eigenvalue weighted by Gasteiger charge is -2.38. The fraction of sp³-hybridized carbons (Fsp3) is 0.259. The molecule has 180 valence electrons. The number of carbonyl (C=O) groups excluding carboxylic acids is 2. The summed E-state index contributed by atoms with van der Waals surface area (Å²) in [6.45, 7) is 1.46. The van der Waals surface area contributed by atoms with Crippen LogP contribution in [0.3, 0.4) is 0 Å². The minimum Gasteiger partial charge on any atom is -0.493 e. The van der Waals surface area contributed by atoms with E-state index in [1.54, 1.807) is 46.2 Å². The number of hydrogen-bond acceptors (Lipinski definition) is 5. The number of para-hydroxylation sites is 1. The van der Waals surface area contributed by atoms with Crippen molar-refractivity contribution in [3.63, 3.8) is 0 Å². The first-order chi connectivity index (χ1) is 17.0. The van der Waals surface area contributed by atoms with Gasteiger partial charge < -0.3 is 19.7 Å². The van der Waals surface area contributed by atoms with Crippen LogP contribution < -0.4 is 19.7 Å². The molecule has 2 heterocycles. The molecule has 0 unspecified atom stereocenters. The van der Waals surface area contributed by atoms with Crippen molar-refractivity contribution in [3.05, 3.63) is 83.7 Å². The third kappa shape index (κ3) is 4.51. The number of anilines is 2. The van der Waals surface area contributed by atoms with E-state index in [9.17, 15) is 14.0 Å². The highest BCUT2D eigenvalue weighted by molar-refractivity contribution is 6.12. The average Bonchev–Trinajstić information content (AvgIpc) is 3.43. The second-order valence-electron chi connectivity index (χ2n) is 8.53. The molecule has 1 atom stereocenters. The molecule has 0 bridgehead atoms. The molecule has 1 fully saturated rings. The normalized spacial score (nSPS) is 17.1. The van der Waals surface area contributed by atoms with Crippen LogP contribution in [0.2, 0.25) is 0 Å². The van der Waals surface area contributed by atoms with Crippen LogP contribution in [-0.2, 0) is 4.79 Å². The fourth-order valence-electron chi connectivity index (χ4n) is 4.53. The highest BCUT2D eigenvalue weighted by Gasteiger charge is 2.34. The van der Waals surface area contributed by atoms with Gasteiger partial charge in [0.2, 0.25) is 0 Å². The van der Waals surface area contributed by atoms with Gasteiger partial charge in [-0.05, 0) is 66.9 Å². The van der Waals surface area contributed by atoms with Crippen molar-refractivity contribution in [2.24, 2.45) is 0 Å². The molecule has 3 aromatic rings. The number of methoxy groups -OCH3 is 1. The van der Waals surface area contributed by atoms with E-state index in [1.807, 2.05) is 18.2 Å². The van der Waals surface area contributed by atoms with E-state index in [4.69, 9.17) is 9.47 Å². The van der Waals surface area contributed by atoms with Crippen LogP contribution in [0.4, 0.5) is 15.8 Å². The second kappa shape index (κ2) is 9.66. The highest BCUT2D eigenvalue weighted by atomic mass is 19.1. The van der Waals surface area contributed by atoms with Gasteiger partial charge in [-0.3, -0.25) is 14.5 Å². The van der Waals surface area contributed by atoms with Gasteiger partial charge >= 0.3 is 0 Å². The molecule has 0 aliphatic carbocycles. The van der Waals surface area contributed by atoms with Gasteiger partial charge in [-0.25, -0.2) is 4.39 Å². The molecular weight excluding hydrogens is 449 g/mol. The predicted molar refractivity (Wildman–Crippen MR) is 130 cm³/mol. The zero-order chi connectivity index (χ0) is 24.4. The van der Waals surface area contributed by atoms with Gasteiger partial charge in [-0.15, -0.1) is 0 Å². The van der Waals surface area contributed by atoms with Crippen LogP contribution in [0.15, 0.2) is 66.7 Å². The van der Waals surface area contributed by atoms with Crippen molar-refractivity contribution in [2.45, 2.75) is 19.0 Å². The summed E-state index contributed by atoms with van der Waals surface area (Å²) in [7, 11) is 1.53. The molecule has 2 amide bonds. The Morgan fingerprint density at radius 3 is 2.51 bits per heavy atom. The molecule has 0 aromatic heterocycles. The lowest BCUT2D eigenvalue weighted by molar-refractivity contribution is -0.132. The van der Waals surface area contributed by atoms with Crippen LogP contribution in [0.25, 0.3) is 0 Å². The Morgan fingerprint density at radius 2 is 1.77 bits per heavy atom. The average molecular weight is 476 g/mol. The van der Waals surface area contributed by atoms with Crippen LogP contribution >= 0.6 is 0 Å². The number of ether oxygens (including phenoxy) is 2. The van der Waals surface area contributed by atoms with Gasteiger partial charge in [-0.2, -0.15) is 0 Å². The number of carbonyl (C=O) groups is 2. The Hall–Kier alpha value is -4.07. The third-order valence-corrected chi connectivity index (χ3v) is 6.34. The number of nitrogens with zero attached hydrogens (tertiary/aromatic N) is 2. The lowest BCUT2D eigenvalue weighted by atomic mass is 10.0. The first kappa shape index (κ1) is 22.7. The molecule has 0 spiro atoms. The molecule has 8 heteroatoms. The Labute approximate surface area is 203 Å². The van der Waals surface area contributed by atoms with Crippen molar-refractivity contribution in [1.29, 1.82) is 0 Å². The van der Waals surface area contributed by atoms with E-state index in [0.29, 0.717) is 28.4 Å². The monoisotopic (exact) mass is 475 g/mol. The van der Waals surface area contributed by atoms with E-state index >= 15 is 0 Å². The van der Waals surface area contributed by atoms with Crippen molar-refractivity contribution < 1.29 is 23.5 Å². The largest absolute Gasteiger partial charge is 0.493 e. The predicted octanol–water partition coefficient (Wildman–Crippen LogP) is 4.61. The number of likely N-dealkylation sites (tertiary alicyclic amines) is 1. The Morgan fingerprint density at radius 1 is 1.03 bits per heavy atom. The topological polar surface area (TPSA) is 71.1 Å². The summed E-state index contributed by atoms with van der Waals surface area (Å²) in [4.78, 5) is 29.3. The number of fused-ring (bicyclic) bond motifs is 1. The van der Waals surface area contributed by atoms with Crippen LogP contribution in [-0.4, -0.2) is 43.5 Å². The summed E-state index contributed by atoms with van der Waals surface area (Å²) in [5, 5.41) is 3.42. The molecule has 1 N–H and O–H groups in total. The minimum absolute atomic E-state index is 0.0488. The summed E-state index contributed by atoms with van der Waals surface area (Å²) in [5.41, 5.74) is 2.53. The molecule has 5 rings (SSSR count). The molecule has 35 heavy (non-hydrogen) atoms. The van der Waals surface area contributed by atoms with Crippen molar-refractivity contribution >= 4 is 23.2 Å². The van der Waals surface area contributed by atoms with Gasteiger partial charge in [0.15, 0.2) is 18.1 Å². The standard InChI is InChI=1S/C27H26FN3O4/c1-34-24-16-18(8-13-23(24)35-17-25(32)30-14-4-5-15-30)26-29-22-7-3-2-6-21(22)27(33)31(26)20-11-9-19(28)10-12-20/h2-3,6-13,16,26,29H,4-5,14-15,17H2,1H3/t26-/m1/s1. The maximum absolute atomic E-state index is 13.6. The zero-order valence-electron chi connectivity index (χ0n) is 19.4. The summed E-state index contributed by atoms with van der Waals surface area (Å²) < 4.78 is 24.9. The summed E-state index contributed by atoms with van der Waals surface area (Å²) in [6.07, 6.45) is 1.46.